The van der Waals surface area contributed by atoms with Crippen LogP contribution in [0.4, 0.5) is 5.13 Å². The highest BCUT2D eigenvalue weighted by molar-refractivity contribution is 14.1. The van der Waals surface area contributed by atoms with Crippen LogP contribution in [0.3, 0.4) is 0 Å². The van der Waals surface area contributed by atoms with E-state index in [0.29, 0.717) is 21.6 Å². The van der Waals surface area contributed by atoms with E-state index in [-0.39, 0.29) is 11.5 Å². The lowest BCUT2D eigenvalue weighted by Crippen LogP contribution is -2.34. The van der Waals surface area contributed by atoms with Crippen molar-refractivity contribution < 1.29 is 4.79 Å². The third-order valence-corrected chi connectivity index (χ3v) is 5.41. The molecule has 0 saturated heterocycles. The normalized spacial score (nSPS) is 12.0. The maximum absolute atomic E-state index is 13.1. The molecule has 6 nitrogen and oxygen atoms in total. The summed E-state index contributed by atoms with van der Waals surface area (Å²) in [7, 11) is 0. The number of rotatable bonds is 4. The van der Waals surface area contributed by atoms with Gasteiger partial charge in [0.1, 0.15) is 6.04 Å². The lowest BCUT2D eigenvalue weighted by molar-refractivity contribution is -0.118. The van der Waals surface area contributed by atoms with Crippen molar-refractivity contribution in [3.05, 3.63) is 85.9 Å². The maximum atomic E-state index is 13.1. The summed E-state index contributed by atoms with van der Waals surface area (Å²) in [6.07, 6.45) is 3.04. The Labute approximate surface area is 172 Å². The van der Waals surface area contributed by atoms with Crippen LogP contribution in [0.1, 0.15) is 11.6 Å². The second kappa shape index (κ2) is 7.57. The van der Waals surface area contributed by atoms with Gasteiger partial charge < -0.3 is 0 Å². The predicted octanol–water partition coefficient (Wildman–Crippen LogP) is 3.69. The van der Waals surface area contributed by atoms with Gasteiger partial charge in [-0.2, -0.15) is 0 Å². The van der Waals surface area contributed by atoms with Crippen LogP contribution in [0.15, 0.2) is 71.2 Å². The molecule has 2 heterocycles. The first-order chi connectivity index (χ1) is 13.1. The van der Waals surface area contributed by atoms with E-state index in [4.69, 9.17) is 0 Å². The number of thiazole rings is 1. The van der Waals surface area contributed by atoms with Crippen LogP contribution in [0, 0.1) is 3.57 Å². The molecule has 0 fully saturated rings. The molecule has 0 saturated carbocycles. The summed E-state index contributed by atoms with van der Waals surface area (Å²) < 4.78 is 2.30. The number of aromatic nitrogens is 3. The molecule has 0 aliphatic carbocycles. The molecule has 0 aliphatic rings. The highest BCUT2D eigenvalue weighted by Crippen LogP contribution is 2.21. The molecular formula is C19H13IN4O2S. The van der Waals surface area contributed by atoms with Crippen LogP contribution < -0.4 is 10.9 Å². The molecule has 2 aromatic carbocycles. The molecule has 1 N–H and O–H groups in total. The highest BCUT2D eigenvalue weighted by atomic mass is 127. The highest BCUT2D eigenvalue weighted by Gasteiger charge is 2.25. The lowest BCUT2D eigenvalue weighted by Gasteiger charge is -2.19. The standard InChI is InChI=1S/C19H13IN4O2S/c20-13-6-7-15-14(10-13)18(26)24(11-22-15)16(12-4-2-1-3-5-12)17(25)23-19-21-8-9-27-19/h1-11,16H,(H,21,23,25). The molecule has 8 heteroatoms. The van der Waals surface area contributed by atoms with Crippen molar-refractivity contribution in [2.45, 2.75) is 6.04 Å². The maximum Gasteiger partial charge on any atom is 0.262 e. The molecule has 1 unspecified atom stereocenters. The fourth-order valence-electron chi connectivity index (χ4n) is 2.82. The zero-order chi connectivity index (χ0) is 18.8. The van der Waals surface area contributed by atoms with Gasteiger partial charge in [0.25, 0.3) is 11.5 Å². The Morgan fingerprint density at radius 1 is 1.15 bits per heavy atom. The van der Waals surface area contributed by atoms with E-state index in [1.54, 1.807) is 23.7 Å². The van der Waals surface area contributed by atoms with Crippen LogP contribution in [-0.2, 0) is 4.79 Å². The van der Waals surface area contributed by atoms with Gasteiger partial charge in [-0.25, -0.2) is 9.97 Å². The minimum absolute atomic E-state index is 0.262. The molecular weight excluding hydrogens is 475 g/mol. The van der Waals surface area contributed by atoms with Gasteiger partial charge in [-0.3, -0.25) is 19.5 Å². The van der Waals surface area contributed by atoms with E-state index in [2.05, 4.69) is 37.9 Å². The van der Waals surface area contributed by atoms with E-state index in [0.717, 1.165) is 3.57 Å². The second-order valence-corrected chi connectivity index (χ2v) is 7.90. The van der Waals surface area contributed by atoms with Gasteiger partial charge in [0.05, 0.1) is 17.2 Å². The average Bonchev–Trinajstić information content (AvgIpc) is 3.18. The van der Waals surface area contributed by atoms with Crippen molar-refractivity contribution in [3.63, 3.8) is 0 Å². The number of anilines is 1. The average molecular weight is 488 g/mol. The van der Waals surface area contributed by atoms with Crippen LogP contribution in [0.5, 0.6) is 0 Å². The molecule has 0 bridgehead atoms. The summed E-state index contributed by atoms with van der Waals surface area (Å²) in [5, 5.41) is 5.52. The minimum atomic E-state index is -0.850. The number of fused-ring (bicyclic) bond motifs is 1. The first kappa shape index (κ1) is 17.8. The summed E-state index contributed by atoms with van der Waals surface area (Å²) in [4.78, 5) is 34.6. The van der Waals surface area contributed by atoms with Crippen molar-refractivity contribution in [2.24, 2.45) is 0 Å². The number of hydrogen-bond acceptors (Lipinski definition) is 5. The van der Waals surface area contributed by atoms with Crippen molar-refractivity contribution in [1.82, 2.24) is 14.5 Å². The molecule has 0 aliphatic heterocycles. The zero-order valence-corrected chi connectivity index (χ0v) is 16.8. The topological polar surface area (TPSA) is 76.9 Å². The molecule has 2 aromatic heterocycles. The number of carbonyl (C=O) groups is 1. The van der Waals surface area contributed by atoms with Gasteiger partial charge in [-0.05, 0) is 46.4 Å². The van der Waals surface area contributed by atoms with Crippen molar-refractivity contribution >= 4 is 55.9 Å². The van der Waals surface area contributed by atoms with Crippen LogP contribution in [-0.4, -0.2) is 20.4 Å². The Hall–Kier alpha value is -2.59. The van der Waals surface area contributed by atoms with Gasteiger partial charge in [-0.15, -0.1) is 11.3 Å². The number of amides is 1. The number of nitrogens with zero attached hydrogens (tertiary/aromatic N) is 3. The van der Waals surface area contributed by atoms with Gasteiger partial charge in [0, 0.05) is 15.1 Å². The van der Waals surface area contributed by atoms with E-state index < -0.39 is 6.04 Å². The lowest BCUT2D eigenvalue weighted by atomic mass is 10.1. The molecule has 1 amide bonds. The van der Waals surface area contributed by atoms with Gasteiger partial charge in [-0.1, -0.05) is 30.3 Å². The largest absolute Gasteiger partial charge is 0.300 e. The number of benzene rings is 2. The Morgan fingerprint density at radius 3 is 2.70 bits per heavy atom. The van der Waals surface area contributed by atoms with E-state index in [9.17, 15) is 9.59 Å². The number of nitrogens with one attached hydrogen (secondary N) is 1. The smallest absolute Gasteiger partial charge is 0.262 e. The first-order valence-corrected chi connectivity index (χ1v) is 10.0. The second-order valence-electron chi connectivity index (χ2n) is 5.76. The summed E-state index contributed by atoms with van der Waals surface area (Å²) in [5.74, 6) is -0.343. The summed E-state index contributed by atoms with van der Waals surface area (Å²) in [6.45, 7) is 0. The SMILES string of the molecule is O=C(Nc1nccs1)C(c1ccccc1)n1cnc2ccc(I)cc2c1=O. The Balaban J connectivity index is 1.86. The summed E-state index contributed by atoms with van der Waals surface area (Å²) in [5.41, 5.74) is 1.03. The minimum Gasteiger partial charge on any atom is -0.300 e. The molecule has 4 aromatic rings. The third-order valence-electron chi connectivity index (χ3n) is 4.05. The Bertz CT molecular complexity index is 1160. The quantitative estimate of drug-likeness (QED) is 0.445. The molecule has 1 atom stereocenters. The number of carbonyl (C=O) groups excluding carboxylic acids is 1. The predicted molar refractivity (Wildman–Crippen MR) is 114 cm³/mol. The fraction of sp³-hybridized carbons (Fsp3) is 0.0526. The van der Waals surface area contributed by atoms with Crippen LogP contribution >= 0.6 is 33.9 Å². The van der Waals surface area contributed by atoms with Crippen molar-refractivity contribution in [3.8, 4) is 0 Å². The van der Waals surface area contributed by atoms with Crippen LogP contribution in [0.25, 0.3) is 10.9 Å². The molecule has 134 valence electrons. The van der Waals surface area contributed by atoms with Crippen molar-refractivity contribution in [2.75, 3.05) is 5.32 Å². The Morgan fingerprint density at radius 2 is 1.96 bits per heavy atom. The van der Waals surface area contributed by atoms with E-state index >= 15 is 0 Å². The van der Waals surface area contributed by atoms with Gasteiger partial charge in [0.2, 0.25) is 0 Å². The van der Waals surface area contributed by atoms with Gasteiger partial charge in [0.15, 0.2) is 5.13 Å². The van der Waals surface area contributed by atoms with E-state index in [1.165, 1.54) is 22.2 Å². The van der Waals surface area contributed by atoms with Crippen LogP contribution in [0.2, 0.25) is 0 Å². The molecule has 27 heavy (non-hydrogen) atoms. The van der Waals surface area contributed by atoms with Crippen molar-refractivity contribution in [1.29, 1.82) is 0 Å². The summed E-state index contributed by atoms with van der Waals surface area (Å²) in [6, 6.07) is 13.8. The monoisotopic (exact) mass is 488 g/mol. The molecule has 4 rings (SSSR count). The first-order valence-electron chi connectivity index (χ1n) is 8.05. The Kier molecular flexibility index (Phi) is 4.99. The fourth-order valence-corrected chi connectivity index (χ4v) is 3.85. The summed E-state index contributed by atoms with van der Waals surface area (Å²) >= 11 is 3.47. The van der Waals surface area contributed by atoms with E-state index in [1.807, 2.05) is 36.4 Å². The molecule has 0 radical (unpaired) electrons. The molecule has 0 spiro atoms. The number of hydrogen-bond donors (Lipinski definition) is 1. The third kappa shape index (κ3) is 3.62. The zero-order valence-electron chi connectivity index (χ0n) is 13.9. The number of halogens is 1. The van der Waals surface area contributed by atoms with Gasteiger partial charge >= 0.3 is 0 Å².